The number of likely N-dealkylation sites (N-methyl/N-ethyl adjacent to an activating group) is 1. The summed E-state index contributed by atoms with van der Waals surface area (Å²) in [6.07, 6.45) is 0. The summed E-state index contributed by atoms with van der Waals surface area (Å²) in [5, 5.41) is 3.09. The molecule has 1 atom stereocenters. The number of rotatable bonds is 3. The van der Waals surface area contributed by atoms with Gasteiger partial charge in [0, 0.05) is 11.0 Å². The number of hydrogen-bond acceptors (Lipinski definition) is 1. The van der Waals surface area contributed by atoms with Crippen molar-refractivity contribution in [1.29, 1.82) is 0 Å². The minimum Gasteiger partial charge on any atom is -0.319 e. The predicted octanol–water partition coefficient (Wildman–Crippen LogP) is 2.91. The van der Waals surface area contributed by atoms with Gasteiger partial charge >= 0.3 is 0 Å². The molecule has 0 spiro atoms. The maximum atomic E-state index is 12.8. The summed E-state index contributed by atoms with van der Waals surface area (Å²) in [6.45, 7) is 3.00. The first-order valence-electron chi connectivity index (χ1n) is 4.24. The van der Waals surface area contributed by atoms with Gasteiger partial charge in [0.05, 0.1) is 0 Å². The smallest absolute Gasteiger partial charge is 0.124 e. The van der Waals surface area contributed by atoms with Crippen LogP contribution in [0, 0.1) is 5.82 Å². The zero-order valence-electron chi connectivity index (χ0n) is 7.77. The highest BCUT2D eigenvalue weighted by Gasteiger charge is 2.08. The number of benzene rings is 1. The molecule has 0 amide bonds. The monoisotopic (exact) mass is 245 g/mol. The summed E-state index contributed by atoms with van der Waals surface area (Å²) < 4.78 is 13.6. The zero-order chi connectivity index (χ0) is 9.84. The Morgan fingerprint density at radius 2 is 2.23 bits per heavy atom. The van der Waals surface area contributed by atoms with E-state index in [2.05, 4.69) is 28.2 Å². The van der Waals surface area contributed by atoms with Gasteiger partial charge in [-0.3, -0.25) is 0 Å². The summed E-state index contributed by atoms with van der Waals surface area (Å²) in [4.78, 5) is 0. The maximum Gasteiger partial charge on any atom is 0.124 e. The summed E-state index contributed by atoms with van der Waals surface area (Å²) >= 11 is 3.35. The molecule has 0 bridgehead atoms. The lowest BCUT2D eigenvalue weighted by Gasteiger charge is -2.12. The van der Waals surface area contributed by atoms with E-state index in [1.54, 1.807) is 0 Å². The molecule has 1 aromatic rings. The van der Waals surface area contributed by atoms with Crippen molar-refractivity contribution in [2.45, 2.75) is 12.8 Å². The molecule has 1 aromatic carbocycles. The van der Waals surface area contributed by atoms with Crippen molar-refractivity contribution in [3.05, 3.63) is 34.1 Å². The molecule has 0 radical (unpaired) electrons. The Morgan fingerprint density at radius 3 is 2.77 bits per heavy atom. The first kappa shape index (κ1) is 10.7. The molecule has 3 heteroatoms. The second-order valence-corrected chi connectivity index (χ2v) is 3.98. The highest BCUT2D eigenvalue weighted by Crippen LogP contribution is 2.24. The summed E-state index contributed by atoms with van der Waals surface area (Å²) in [5.41, 5.74) is 1.13. The second kappa shape index (κ2) is 4.72. The third-order valence-electron chi connectivity index (χ3n) is 2.00. The number of halogens is 2. The van der Waals surface area contributed by atoms with Crippen molar-refractivity contribution in [3.63, 3.8) is 0 Å². The molecule has 1 unspecified atom stereocenters. The van der Waals surface area contributed by atoms with Crippen LogP contribution in [0.15, 0.2) is 22.7 Å². The molecule has 0 aromatic heterocycles. The first-order chi connectivity index (χ1) is 6.15. The van der Waals surface area contributed by atoms with Crippen LogP contribution in [0.2, 0.25) is 0 Å². The van der Waals surface area contributed by atoms with E-state index >= 15 is 0 Å². The fourth-order valence-electron chi connectivity index (χ4n) is 1.32. The topological polar surface area (TPSA) is 12.0 Å². The van der Waals surface area contributed by atoms with Crippen molar-refractivity contribution in [1.82, 2.24) is 5.32 Å². The number of nitrogens with one attached hydrogen (secondary N) is 1. The zero-order valence-corrected chi connectivity index (χ0v) is 9.36. The predicted molar refractivity (Wildman–Crippen MR) is 56.4 cm³/mol. The van der Waals surface area contributed by atoms with E-state index < -0.39 is 0 Å². The van der Waals surface area contributed by atoms with Gasteiger partial charge in [-0.05, 0) is 30.7 Å². The lowest BCUT2D eigenvalue weighted by Crippen LogP contribution is -2.15. The SMILES string of the molecule is CNCC(C)c1ccc(F)cc1Br. The Labute approximate surface area is 86.5 Å². The number of hydrogen-bond donors (Lipinski definition) is 1. The highest BCUT2D eigenvalue weighted by molar-refractivity contribution is 9.10. The van der Waals surface area contributed by atoms with Gasteiger partial charge in [0.15, 0.2) is 0 Å². The van der Waals surface area contributed by atoms with Crippen LogP contribution < -0.4 is 5.32 Å². The van der Waals surface area contributed by atoms with Gasteiger partial charge in [-0.2, -0.15) is 0 Å². The fraction of sp³-hybridized carbons (Fsp3) is 0.400. The first-order valence-corrected chi connectivity index (χ1v) is 5.04. The van der Waals surface area contributed by atoms with Crippen LogP contribution in [0.4, 0.5) is 4.39 Å². The van der Waals surface area contributed by atoms with E-state index in [9.17, 15) is 4.39 Å². The van der Waals surface area contributed by atoms with E-state index in [-0.39, 0.29) is 5.82 Å². The molecule has 0 aliphatic carbocycles. The molecule has 0 heterocycles. The molecule has 0 saturated carbocycles. The van der Waals surface area contributed by atoms with Crippen LogP contribution >= 0.6 is 15.9 Å². The largest absolute Gasteiger partial charge is 0.319 e. The Bertz CT molecular complexity index is 288. The van der Waals surface area contributed by atoms with Gasteiger partial charge in [-0.15, -0.1) is 0 Å². The molecule has 1 nitrogen and oxygen atoms in total. The summed E-state index contributed by atoms with van der Waals surface area (Å²) in [7, 11) is 1.91. The third kappa shape index (κ3) is 2.78. The van der Waals surface area contributed by atoms with Crippen molar-refractivity contribution < 1.29 is 4.39 Å². The summed E-state index contributed by atoms with van der Waals surface area (Å²) in [5.74, 6) is 0.187. The van der Waals surface area contributed by atoms with Gasteiger partial charge in [0.25, 0.3) is 0 Å². The Morgan fingerprint density at radius 1 is 1.54 bits per heavy atom. The van der Waals surface area contributed by atoms with Crippen LogP contribution in [0.5, 0.6) is 0 Å². The third-order valence-corrected chi connectivity index (χ3v) is 2.69. The minimum atomic E-state index is -0.202. The molecule has 1 rings (SSSR count). The highest BCUT2D eigenvalue weighted by atomic mass is 79.9. The normalized spacial score (nSPS) is 12.9. The molecule has 0 fully saturated rings. The molecule has 0 saturated heterocycles. The van der Waals surface area contributed by atoms with Crippen LogP contribution in [0.1, 0.15) is 18.4 Å². The minimum absolute atomic E-state index is 0.202. The van der Waals surface area contributed by atoms with Crippen LogP contribution in [-0.2, 0) is 0 Å². The maximum absolute atomic E-state index is 12.8. The Balaban J connectivity index is 2.88. The molecule has 13 heavy (non-hydrogen) atoms. The van der Waals surface area contributed by atoms with Crippen LogP contribution in [0.25, 0.3) is 0 Å². The van der Waals surface area contributed by atoms with Gasteiger partial charge in [0.1, 0.15) is 5.82 Å². The van der Waals surface area contributed by atoms with E-state index in [0.717, 1.165) is 16.6 Å². The quantitative estimate of drug-likeness (QED) is 0.864. The molecule has 0 aliphatic rings. The van der Waals surface area contributed by atoms with Crippen molar-refractivity contribution in [2.24, 2.45) is 0 Å². The van der Waals surface area contributed by atoms with E-state index in [0.29, 0.717) is 5.92 Å². The Kier molecular flexibility index (Phi) is 3.88. The van der Waals surface area contributed by atoms with E-state index in [1.807, 2.05) is 13.1 Å². The van der Waals surface area contributed by atoms with E-state index in [1.165, 1.54) is 12.1 Å². The lowest BCUT2D eigenvalue weighted by molar-refractivity contribution is 0.621. The van der Waals surface area contributed by atoms with Crippen molar-refractivity contribution in [3.8, 4) is 0 Å². The molecule has 1 N–H and O–H groups in total. The second-order valence-electron chi connectivity index (χ2n) is 3.12. The van der Waals surface area contributed by atoms with Gasteiger partial charge in [0.2, 0.25) is 0 Å². The van der Waals surface area contributed by atoms with Gasteiger partial charge in [-0.1, -0.05) is 28.9 Å². The Hall–Kier alpha value is -0.410. The average Bonchev–Trinajstić information content (AvgIpc) is 2.04. The van der Waals surface area contributed by atoms with Gasteiger partial charge in [-0.25, -0.2) is 4.39 Å². The standard InChI is InChI=1S/C10H13BrFN/c1-7(6-13-2)9-4-3-8(12)5-10(9)11/h3-5,7,13H,6H2,1-2H3. The molecule has 72 valence electrons. The molecule has 0 aliphatic heterocycles. The molecular formula is C10H13BrFN. The van der Waals surface area contributed by atoms with Crippen molar-refractivity contribution >= 4 is 15.9 Å². The lowest BCUT2D eigenvalue weighted by atomic mass is 10.0. The summed E-state index contributed by atoms with van der Waals surface area (Å²) in [6, 6.07) is 4.81. The molecular weight excluding hydrogens is 233 g/mol. The van der Waals surface area contributed by atoms with Gasteiger partial charge < -0.3 is 5.32 Å². The van der Waals surface area contributed by atoms with Crippen molar-refractivity contribution in [2.75, 3.05) is 13.6 Å². The fourth-order valence-corrected chi connectivity index (χ4v) is 2.06. The van der Waals surface area contributed by atoms with E-state index in [4.69, 9.17) is 0 Å². The average molecular weight is 246 g/mol. The van der Waals surface area contributed by atoms with Crippen LogP contribution in [0.3, 0.4) is 0 Å². The van der Waals surface area contributed by atoms with Crippen LogP contribution in [-0.4, -0.2) is 13.6 Å².